The van der Waals surface area contributed by atoms with Gasteiger partial charge in [-0.2, -0.15) is 0 Å². The summed E-state index contributed by atoms with van der Waals surface area (Å²) in [6.07, 6.45) is 2.59. The van der Waals surface area contributed by atoms with Gasteiger partial charge in [-0.15, -0.1) is 11.3 Å². The molecule has 0 bridgehead atoms. The highest BCUT2D eigenvalue weighted by molar-refractivity contribution is 9.10. The summed E-state index contributed by atoms with van der Waals surface area (Å²) in [6, 6.07) is 7.79. The van der Waals surface area contributed by atoms with Gasteiger partial charge in [0, 0.05) is 34.1 Å². The molecule has 1 aromatic carbocycles. The van der Waals surface area contributed by atoms with E-state index in [4.69, 9.17) is 5.73 Å². The molecule has 1 unspecified atom stereocenters. The van der Waals surface area contributed by atoms with E-state index in [1.54, 1.807) is 11.3 Å². The Hall–Kier alpha value is -1.21. The van der Waals surface area contributed by atoms with E-state index in [1.807, 2.05) is 35.8 Å². The number of hydrogen-bond acceptors (Lipinski definition) is 4. The van der Waals surface area contributed by atoms with Gasteiger partial charge in [0.25, 0.3) is 0 Å². The van der Waals surface area contributed by atoms with Crippen molar-refractivity contribution in [2.45, 2.75) is 12.5 Å². The third kappa shape index (κ3) is 2.52. The Labute approximate surface area is 129 Å². The Morgan fingerprint density at radius 1 is 1.35 bits per heavy atom. The first-order chi connectivity index (χ1) is 9.69. The summed E-state index contributed by atoms with van der Waals surface area (Å²) >= 11 is 5.03. The highest BCUT2D eigenvalue weighted by atomic mass is 79.9. The first-order valence-corrected chi connectivity index (χ1v) is 7.93. The van der Waals surface area contributed by atoms with Gasteiger partial charge in [0.05, 0.1) is 18.0 Å². The van der Waals surface area contributed by atoms with Gasteiger partial charge in [0.1, 0.15) is 0 Å². The summed E-state index contributed by atoms with van der Waals surface area (Å²) in [6.45, 7) is -0.0306. The number of hydrogen-bond donors (Lipinski definition) is 2. The summed E-state index contributed by atoms with van der Waals surface area (Å²) < 4.78 is 3.09. The zero-order chi connectivity index (χ0) is 14.1. The van der Waals surface area contributed by atoms with Crippen molar-refractivity contribution < 1.29 is 5.11 Å². The summed E-state index contributed by atoms with van der Waals surface area (Å²) in [4.78, 5) is 5.64. The lowest BCUT2D eigenvalue weighted by atomic mass is 10.1. The summed E-state index contributed by atoms with van der Waals surface area (Å²) in [5.74, 6) is 0. The number of imidazole rings is 1. The minimum absolute atomic E-state index is 0.0306. The second-order valence-corrected chi connectivity index (χ2v) is 6.41. The molecule has 0 aliphatic rings. The molecule has 3 aromatic rings. The predicted octanol–water partition coefficient (Wildman–Crippen LogP) is 2.69. The van der Waals surface area contributed by atoms with E-state index >= 15 is 0 Å². The van der Waals surface area contributed by atoms with Gasteiger partial charge in [0.15, 0.2) is 4.96 Å². The fourth-order valence-electron chi connectivity index (χ4n) is 2.18. The normalized spacial score (nSPS) is 12.9. The van der Waals surface area contributed by atoms with Crippen LogP contribution in [0, 0.1) is 0 Å². The summed E-state index contributed by atoms with van der Waals surface area (Å²) in [7, 11) is 0. The molecular weight excluding hydrogens is 338 g/mol. The maximum Gasteiger partial charge on any atom is 0.194 e. The smallest absolute Gasteiger partial charge is 0.194 e. The number of nitrogens with two attached hydrogens (primary N) is 1. The van der Waals surface area contributed by atoms with Gasteiger partial charge in [-0.05, 0) is 12.1 Å². The van der Waals surface area contributed by atoms with Crippen LogP contribution in [-0.2, 0) is 6.42 Å². The van der Waals surface area contributed by atoms with E-state index in [1.165, 1.54) is 0 Å². The molecule has 2 aromatic heterocycles. The van der Waals surface area contributed by atoms with Crippen molar-refractivity contribution in [3.8, 4) is 11.3 Å². The summed E-state index contributed by atoms with van der Waals surface area (Å²) in [5, 5.41) is 11.2. The van der Waals surface area contributed by atoms with Crippen LogP contribution in [0.15, 0.2) is 40.3 Å². The molecule has 0 radical (unpaired) electrons. The quantitative estimate of drug-likeness (QED) is 0.759. The van der Waals surface area contributed by atoms with Crippen LogP contribution in [0.25, 0.3) is 16.2 Å². The second kappa shape index (κ2) is 5.65. The second-order valence-electron chi connectivity index (χ2n) is 4.62. The first kappa shape index (κ1) is 13.8. The van der Waals surface area contributed by atoms with Gasteiger partial charge >= 0.3 is 0 Å². The largest absolute Gasteiger partial charge is 0.395 e. The number of thiazole rings is 1. The monoisotopic (exact) mass is 351 g/mol. The lowest BCUT2D eigenvalue weighted by Gasteiger charge is -2.09. The van der Waals surface area contributed by atoms with Crippen LogP contribution >= 0.6 is 27.3 Å². The molecule has 4 nitrogen and oxygen atoms in total. The number of nitrogens with zero attached hydrogens (tertiary/aromatic N) is 2. The van der Waals surface area contributed by atoms with Crippen LogP contribution in [0.1, 0.15) is 5.69 Å². The molecular formula is C14H14BrN3OS. The Balaban J connectivity index is 2.11. The third-order valence-electron chi connectivity index (χ3n) is 3.17. The van der Waals surface area contributed by atoms with Gasteiger partial charge in [0.2, 0.25) is 0 Å². The third-order valence-corrected chi connectivity index (χ3v) is 4.45. The Morgan fingerprint density at radius 3 is 2.80 bits per heavy atom. The van der Waals surface area contributed by atoms with Crippen molar-refractivity contribution in [1.29, 1.82) is 0 Å². The van der Waals surface area contributed by atoms with Crippen LogP contribution < -0.4 is 5.73 Å². The van der Waals surface area contributed by atoms with E-state index in [-0.39, 0.29) is 12.6 Å². The first-order valence-electron chi connectivity index (χ1n) is 6.26. The molecule has 0 aliphatic carbocycles. The fourth-order valence-corrected chi connectivity index (χ4v) is 3.18. The topological polar surface area (TPSA) is 63.5 Å². The zero-order valence-corrected chi connectivity index (χ0v) is 13.1. The molecule has 3 rings (SSSR count). The van der Waals surface area contributed by atoms with Crippen LogP contribution in [0.5, 0.6) is 0 Å². The van der Waals surface area contributed by atoms with E-state index in [0.717, 1.165) is 26.4 Å². The van der Waals surface area contributed by atoms with Crippen molar-refractivity contribution >= 4 is 32.2 Å². The Kier molecular flexibility index (Phi) is 3.89. The molecule has 0 fully saturated rings. The molecule has 1 atom stereocenters. The van der Waals surface area contributed by atoms with Gasteiger partial charge in [-0.3, -0.25) is 4.40 Å². The Bertz CT molecular complexity index is 720. The minimum Gasteiger partial charge on any atom is -0.395 e. The maximum atomic E-state index is 9.20. The van der Waals surface area contributed by atoms with Gasteiger partial charge < -0.3 is 10.8 Å². The van der Waals surface area contributed by atoms with Crippen molar-refractivity contribution in [2.24, 2.45) is 5.73 Å². The fraction of sp³-hybridized carbons (Fsp3) is 0.214. The number of rotatable bonds is 4. The van der Waals surface area contributed by atoms with Crippen LogP contribution in [-0.4, -0.2) is 27.1 Å². The predicted molar refractivity (Wildman–Crippen MR) is 85.0 cm³/mol. The van der Waals surface area contributed by atoms with Gasteiger partial charge in [-0.25, -0.2) is 4.98 Å². The Morgan fingerprint density at radius 2 is 2.10 bits per heavy atom. The minimum atomic E-state index is -0.274. The molecule has 20 heavy (non-hydrogen) atoms. The number of aliphatic hydroxyl groups excluding tert-OH is 1. The number of halogens is 1. The van der Waals surface area contributed by atoms with Crippen molar-refractivity contribution in [2.75, 3.05) is 6.61 Å². The molecule has 0 aliphatic heterocycles. The van der Waals surface area contributed by atoms with Gasteiger partial charge in [-0.1, -0.05) is 28.1 Å². The average molecular weight is 352 g/mol. The number of fused-ring (bicyclic) bond motifs is 1. The molecule has 6 heteroatoms. The van der Waals surface area contributed by atoms with Crippen LogP contribution in [0.3, 0.4) is 0 Å². The van der Waals surface area contributed by atoms with Crippen molar-refractivity contribution in [3.63, 3.8) is 0 Å². The average Bonchev–Trinajstić information content (AvgIpc) is 3.02. The van der Waals surface area contributed by atoms with Crippen molar-refractivity contribution in [3.05, 3.63) is 46.0 Å². The molecule has 104 valence electrons. The zero-order valence-electron chi connectivity index (χ0n) is 10.7. The van der Waals surface area contributed by atoms with Crippen molar-refractivity contribution in [1.82, 2.24) is 9.38 Å². The lowest BCUT2D eigenvalue weighted by Crippen LogP contribution is -2.27. The number of aromatic nitrogens is 2. The number of aliphatic hydroxyl groups is 1. The SMILES string of the molecule is NC(CO)Cc1c(-c2ccc(Br)cc2)nc2sccn12. The standard InChI is InChI=1S/C14H14BrN3OS/c15-10-3-1-9(2-4-10)13-12(7-11(16)8-19)18-5-6-20-14(18)17-13/h1-6,11,19H,7-8,16H2. The lowest BCUT2D eigenvalue weighted by molar-refractivity contribution is 0.264. The summed E-state index contributed by atoms with van der Waals surface area (Å²) in [5.41, 5.74) is 8.94. The maximum absolute atomic E-state index is 9.20. The highest BCUT2D eigenvalue weighted by Gasteiger charge is 2.17. The van der Waals surface area contributed by atoms with E-state index in [2.05, 4.69) is 25.3 Å². The van der Waals surface area contributed by atoms with E-state index < -0.39 is 0 Å². The molecule has 0 saturated heterocycles. The molecule has 2 heterocycles. The van der Waals surface area contributed by atoms with Crippen LogP contribution in [0.2, 0.25) is 0 Å². The molecule has 0 spiro atoms. The number of benzene rings is 1. The molecule has 0 saturated carbocycles. The van der Waals surface area contributed by atoms with E-state index in [0.29, 0.717) is 6.42 Å². The highest BCUT2D eigenvalue weighted by Crippen LogP contribution is 2.28. The molecule has 0 amide bonds. The molecule has 3 N–H and O–H groups in total. The van der Waals surface area contributed by atoms with E-state index in [9.17, 15) is 5.11 Å². The van der Waals surface area contributed by atoms with Crippen LogP contribution in [0.4, 0.5) is 0 Å².